The summed E-state index contributed by atoms with van der Waals surface area (Å²) in [6.45, 7) is 2.83. The first-order chi connectivity index (χ1) is 6.86. The zero-order valence-corrected chi connectivity index (χ0v) is 8.72. The lowest BCUT2D eigenvalue weighted by Gasteiger charge is -2.21. The van der Waals surface area contributed by atoms with Crippen molar-refractivity contribution < 1.29 is 4.79 Å². The summed E-state index contributed by atoms with van der Waals surface area (Å²) in [6, 6.07) is 0. The van der Waals surface area contributed by atoms with Gasteiger partial charge in [-0.05, 0) is 31.7 Å². The van der Waals surface area contributed by atoms with Crippen molar-refractivity contribution in [3.8, 4) is 0 Å². The summed E-state index contributed by atoms with van der Waals surface area (Å²) in [6.07, 6.45) is 6.14. The number of nitrogens with one attached hydrogen (secondary N) is 2. The molecule has 0 aromatic rings. The predicted octanol–water partition coefficient (Wildman–Crippen LogP) is 0.902. The first-order valence-corrected chi connectivity index (χ1v) is 5.84. The molecule has 2 fully saturated rings. The van der Waals surface area contributed by atoms with Crippen molar-refractivity contribution in [2.45, 2.75) is 32.1 Å². The second-order valence-electron chi connectivity index (χ2n) is 4.57. The molecule has 1 atom stereocenters. The fourth-order valence-electron chi connectivity index (χ4n) is 2.03. The minimum atomic E-state index is 0.225. The monoisotopic (exact) mass is 196 g/mol. The topological polar surface area (TPSA) is 41.1 Å². The van der Waals surface area contributed by atoms with Crippen molar-refractivity contribution in [3.05, 3.63) is 0 Å². The zero-order chi connectivity index (χ0) is 9.80. The SMILES string of the molecule is O=C(NCCC1CC1)C1CCCNC1. The highest BCUT2D eigenvalue weighted by Crippen LogP contribution is 2.31. The molecule has 1 aliphatic carbocycles. The maximum atomic E-state index is 11.6. The molecule has 3 nitrogen and oxygen atoms in total. The minimum absolute atomic E-state index is 0.225. The molecule has 1 heterocycles. The summed E-state index contributed by atoms with van der Waals surface area (Å²) in [7, 11) is 0. The van der Waals surface area contributed by atoms with Gasteiger partial charge in [0.15, 0.2) is 0 Å². The quantitative estimate of drug-likeness (QED) is 0.701. The van der Waals surface area contributed by atoms with Crippen LogP contribution in [-0.4, -0.2) is 25.5 Å². The van der Waals surface area contributed by atoms with Crippen LogP contribution in [0.25, 0.3) is 0 Å². The highest BCUT2D eigenvalue weighted by atomic mass is 16.1. The van der Waals surface area contributed by atoms with Gasteiger partial charge in [-0.25, -0.2) is 0 Å². The molecule has 2 N–H and O–H groups in total. The number of amides is 1. The van der Waals surface area contributed by atoms with Crippen LogP contribution >= 0.6 is 0 Å². The van der Waals surface area contributed by atoms with E-state index in [2.05, 4.69) is 10.6 Å². The molecule has 0 aromatic heterocycles. The van der Waals surface area contributed by atoms with E-state index in [-0.39, 0.29) is 11.8 Å². The molecule has 2 rings (SSSR count). The van der Waals surface area contributed by atoms with Crippen molar-refractivity contribution in [3.63, 3.8) is 0 Å². The zero-order valence-electron chi connectivity index (χ0n) is 8.72. The van der Waals surface area contributed by atoms with E-state index in [4.69, 9.17) is 0 Å². The van der Waals surface area contributed by atoms with E-state index in [0.717, 1.165) is 38.4 Å². The average Bonchev–Trinajstić information content (AvgIpc) is 3.03. The van der Waals surface area contributed by atoms with Gasteiger partial charge < -0.3 is 10.6 Å². The smallest absolute Gasteiger partial charge is 0.224 e. The standard InChI is InChI=1S/C11H20N2O/c14-11(10-2-1-6-12-8-10)13-7-5-9-3-4-9/h9-10,12H,1-8H2,(H,13,14). The number of hydrogen-bond donors (Lipinski definition) is 2. The van der Waals surface area contributed by atoms with Crippen molar-refractivity contribution in [1.82, 2.24) is 10.6 Å². The van der Waals surface area contributed by atoms with E-state index in [1.807, 2.05) is 0 Å². The summed E-state index contributed by atoms with van der Waals surface area (Å²) in [5.41, 5.74) is 0. The third-order valence-electron chi connectivity index (χ3n) is 3.22. The molecule has 1 saturated carbocycles. The van der Waals surface area contributed by atoms with E-state index in [1.165, 1.54) is 19.3 Å². The van der Waals surface area contributed by atoms with E-state index >= 15 is 0 Å². The largest absolute Gasteiger partial charge is 0.356 e. The van der Waals surface area contributed by atoms with Crippen LogP contribution in [0.3, 0.4) is 0 Å². The highest BCUT2D eigenvalue weighted by molar-refractivity contribution is 5.78. The molecule has 1 amide bonds. The summed E-state index contributed by atoms with van der Waals surface area (Å²) in [4.78, 5) is 11.6. The Kier molecular flexibility index (Phi) is 3.40. The summed E-state index contributed by atoms with van der Waals surface area (Å²) >= 11 is 0. The fourth-order valence-corrected chi connectivity index (χ4v) is 2.03. The predicted molar refractivity (Wildman–Crippen MR) is 55.9 cm³/mol. The van der Waals surface area contributed by atoms with Gasteiger partial charge in [-0.3, -0.25) is 4.79 Å². The normalized spacial score (nSPS) is 27.3. The van der Waals surface area contributed by atoms with Crippen LogP contribution in [-0.2, 0) is 4.79 Å². The lowest BCUT2D eigenvalue weighted by molar-refractivity contribution is -0.125. The molecular formula is C11H20N2O. The molecule has 2 aliphatic rings. The molecule has 0 bridgehead atoms. The lowest BCUT2D eigenvalue weighted by atomic mass is 9.99. The van der Waals surface area contributed by atoms with Gasteiger partial charge in [0.05, 0.1) is 5.92 Å². The first-order valence-electron chi connectivity index (χ1n) is 5.84. The third-order valence-corrected chi connectivity index (χ3v) is 3.22. The molecule has 1 saturated heterocycles. The average molecular weight is 196 g/mol. The van der Waals surface area contributed by atoms with Crippen LogP contribution in [0.5, 0.6) is 0 Å². The van der Waals surface area contributed by atoms with E-state index in [0.29, 0.717) is 0 Å². The van der Waals surface area contributed by atoms with E-state index in [9.17, 15) is 4.79 Å². The van der Waals surface area contributed by atoms with E-state index in [1.54, 1.807) is 0 Å². The summed E-state index contributed by atoms with van der Waals surface area (Å²) < 4.78 is 0. The van der Waals surface area contributed by atoms with Crippen LogP contribution in [0.15, 0.2) is 0 Å². The van der Waals surface area contributed by atoms with Crippen LogP contribution < -0.4 is 10.6 Å². The number of carbonyl (C=O) groups excluding carboxylic acids is 1. The van der Waals surface area contributed by atoms with Crippen molar-refractivity contribution in [1.29, 1.82) is 0 Å². The number of carbonyl (C=O) groups is 1. The Morgan fingerprint density at radius 3 is 2.86 bits per heavy atom. The van der Waals surface area contributed by atoms with Crippen LogP contribution in [0, 0.1) is 11.8 Å². The maximum absolute atomic E-state index is 11.6. The molecule has 1 aliphatic heterocycles. The molecule has 0 spiro atoms. The van der Waals surface area contributed by atoms with Crippen molar-refractivity contribution in [2.75, 3.05) is 19.6 Å². The molecule has 1 unspecified atom stereocenters. The van der Waals surface area contributed by atoms with E-state index < -0.39 is 0 Å². The van der Waals surface area contributed by atoms with Gasteiger partial charge in [0.2, 0.25) is 5.91 Å². The third kappa shape index (κ3) is 2.98. The van der Waals surface area contributed by atoms with Gasteiger partial charge >= 0.3 is 0 Å². The Morgan fingerprint density at radius 2 is 2.21 bits per heavy atom. The molecule has 80 valence electrons. The molecule has 14 heavy (non-hydrogen) atoms. The Labute approximate surface area is 85.6 Å². The fraction of sp³-hybridized carbons (Fsp3) is 0.909. The van der Waals surface area contributed by atoms with Crippen LogP contribution in [0.4, 0.5) is 0 Å². The summed E-state index contributed by atoms with van der Waals surface area (Å²) in [5.74, 6) is 1.40. The van der Waals surface area contributed by atoms with Crippen molar-refractivity contribution >= 4 is 5.91 Å². The van der Waals surface area contributed by atoms with Gasteiger partial charge in [0, 0.05) is 13.1 Å². The number of hydrogen-bond acceptors (Lipinski definition) is 2. The lowest BCUT2D eigenvalue weighted by Crippen LogP contribution is -2.40. The van der Waals surface area contributed by atoms with Gasteiger partial charge in [0.25, 0.3) is 0 Å². The van der Waals surface area contributed by atoms with Gasteiger partial charge in [-0.1, -0.05) is 12.8 Å². The van der Waals surface area contributed by atoms with Gasteiger partial charge in [0.1, 0.15) is 0 Å². The maximum Gasteiger partial charge on any atom is 0.224 e. The van der Waals surface area contributed by atoms with Crippen LogP contribution in [0.1, 0.15) is 32.1 Å². The molecule has 3 heteroatoms. The van der Waals surface area contributed by atoms with Gasteiger partial charge in [-0.2, -0.15) is 0 Å². The Hall–Kier alpha value is -0.570. The molecular weight excluding hydrogens is 176 g/mol. The minimum Gasteiger partial charge on any atom is -0.356 e. The molecule has 0 aromatic carbocycles. The Morgan fingerprint density at radius 1 is 1.36 bits per heavy atom. The highest BCUT2D eigenvalue weighted by Gasteiger charge is 2.23. The summed E-state index contributed by atoms with van der Waals surface area (Å²) in [5, 5.41) is 6.31. The first kappa shape index (κ1) is 9.97. The van der Waals surface area contributed by atoms with Crippen molar-refractivity contribution in [2.24, 2.45) is 11.8 Å². The van der Waals surface area contributed by atoms with Crippen LogP contribution in [0.2, 0.25) is 0 Å². The Bertz CT molecular complexity index is 195. The van der Waals surface area contributed by atoms with Gasteiger partial charge in [-0.15, -0.1) is 0 Å². The molecule has 0 radical (unpaired) electrons. The second kappa shape index (κ2) is 4.78. The Balaban J connectivity index is 1.60. The second-order valence-corrected chi connectivity index (χ2v) is 4.57. The number of piperidine rings is 1. The number of rotatable bonds is 4.